The fraction of sp³-hybridized carbons (Fsp3) is 0.500. The highest BCUT2D eigenvalue weighted by Crippen LogP contribution is 2.33. The molecule has 3 rings (SSSR count). The van der Waals surface area contributed by atoms with Crippen molar-refractivity contribution >= 4 is 17.2 Å². The molecule has 0 fully saturated rings. The van der Waals surface area contributed by atoms with Gasteiger partial charge in [0.15, 0.2) is 0 Å². The van der Waals surface area contributed by atoms with Gasteiger partial charge in [-0.3, -0.25) is 4.90 Å². The monoisotopic (exact) mass is 289 g/mol. The van der Waals surface area contributed by atoms with Crippen LogP contribution in [0.2, 0.25) is 0 Å². The summed E-state index contributed by atoms with van der Waals surface area (Å²) in [7, 11) is 0. The van der Waals surface area contributed by atoms with Gasteiger partial charge in [0.2, 0.25) is 0 Å². The Bertz CT molecular complexity index is 634. The zero-order valence-electron chi connectivity index (χ0n) is 12.1. The van der Waals surface area contributed by atoms with Crippen LogP contribution in [0.15, 0.2) is 6.20 Å². The van der Waals surface area contributed by atoms with Crippen molar-refractivity contribution in [2.75, 3.05) is 12.3 Å². The third-order valence-electron chi connectivity index (χ3n) is 3.66. The van der Waals surface area contributed by atoms with E-state index in [9.17, 15) is 0 Å². The molecule has 0 saturated carbocycles. The van der Waals surface area contributed by atoms with Crippen molar-refractivity contribution in [3.8, 4) is 10.6 Å². The van der Waals surface area contributed by atoms with E-state index in [1.807, 2.05) is 6.92 Å². The first-order valence-electron chi connectivity index (χ1n) is 6.86. The van der Waals surface area contributed by atoms with Crippen LogP contribution in [0.5, 0.6) is 0 Å². The predicted octanol–water partition coefficient (Wildman–Crippen LogP) is 2.26. The highest BCUT2D eigenvalue weighted by atomic mass is 32.1. The minimum Gasteiger partial charge on any atom is -0.383 e. The maximum atomic E-state index is 5.99. The lowest BCUT2D eigenvalue weighted by molar-refractivity contribution is 0.205. The standard InChI is InChI=1S/C14H19N5S/c1-8(2)19-5-4-11-12(7-19)20-14(18-11)10-6-16-9(3)17-13(10)15/h6,8H,4-5,7H2,1-3H3,(H2,15,16,17). The van der Waals surface area contributed by atoms with Crippen molar-refractivity contribution in [3.05, 3.63) is 22.6 Å². The van der Waals surface area contributed by atoms with Crippen LogP contribution < -0.4 is 5.73 Å². The molecule has 0 atom stereocenters. The number of nitrogens with two attached hydrogens (primary N) is 1. The van der Waals surface area contributed by atoms with Crippen LogP contribution >= 0.6 is 11.3 Å². The SMILES string of the molecule is Cc1ncc(-c2nc3c(s2)CN(C(C)C)CC3)c(N)n1. The number of anilines is 1. The van der Waals surface area contributed by atoms with Gasteiger partial charge in [0.1, 0.15) is 16.6 Å². The first-order chi connectivity index (χ1) is 9.54. The molecule has 2 aromatic heterocycles. The van der Waals surface area contributed by atoms with Crippen LogP contribution in [0.4, 0.5) is 5.82 Å². The van der Waals surface area contributed by atoms with Crippen LogP contribution in [-0.2, 0) is 13.0 Å². The highest BCUT2D eigenvalue weighted by molar-refractivity contribution is 7.15. The van der Waals surface area contributed by atoms with Crippen molar-refractivity contribution in [1.82, 2.24) is 19.9 Å². The molecule has 0 amide bonds. The number of thiazole rings is 1. The highest BCUT2D eigenvalue weighted by Gasteiger charge is 2.23. The summed E-state index contributed by atoms with van der Waals surface area (Å²) in [6.07, 6.45) is 2.79. The molecular weight excluding hydrogens is 270 g/mol. The molecule has 106 valence electrons. The second-order valence-electron chi connectivity index (χ2n) is 5.42. The van der Waals surface area contributed by atoms with Crippen molar-refractivity contribution < 1.29 is 0 Å². The van der Waals surface area contributed by atoms with E-state index in [2.05, 4.69) is 28.7 Å². The van der Waals surface area contributed by atoms with E-state index in [-0.39, 0.29) is 0 Å². The van der Waals surface area contributed by atoms with E-state index in [1.165, 1.54) is 10.6 Å². The smallest absolute Gasteiger partial charge is 0.137 e. The number of fused-ring (bicyclic) bond motifs is 1. The van der Waals surface area contributed by atoms with E-state index in [4.69, 9.17) is 10.7 Å². The van der Waals surface area contributed by atoms with Gasteiger partial charge in [-0.2, -0.15) is 0 Å². The third kappa shape index (κ3) is 2.41. The fourth-order valence-electron chi connectivity index (χ4n) is 2.42. The predicted molar refractivity (Wildman–Crippen MR) is 81.5 cm³/mol. The Morgan fingerprint density at radius 2 is 2.15 bits per heavy atom. The van der Waals surface area contributed by atoms with E-state index in [0.29, 0.717) is 17.7 Å². The lowest BCUT2D eigenvalue weighted by atomic mass is 10.1. The number of nitrogens with zero attached hydrogens (tertiary/aromatic N) is 4. The Labute approximate surface area is 122 Å². The Morgan fingerprint density at radius 1 is 1.35 bits per heavy atom. The van der Waals surface area contributed by atoms with E-state index in [1.54, 1.807) is 17.5 Å². The Hall–Kier alpha value is -1.53. The van der Waals surface area contributed by atoms with Crippen LogP contribution in [0.3, 0.4) is 0 Å². The van der Waals surface area contributed by atoms with Crippen molar-refractivity contribution in [1.29, 1.82) is 0 Å². The number of rotatable bonds is 2. The molecule has 2 aromatic rings. The van der Waals surface area contributed by atoms with Gasteiger partial charge < -0.3 is 5.73 Å². The molecule has 6 heteroatoms. The summed E-state index contributed by atoms with van der Waals surface area (Å²) in [6.45, 7) is 8.37. The molecule has 20 heavy (non-hydrogen) atoms. The Balaban J connectivity index is 1.94. The van der Waals surface area contributed by atoms with Crippen LogP contribution in [0.25, 0.3) is 10.6 Å². The first kappa shape index (κ1) is 13.5. The van der Waals surface area contributed by atoms with Crippen LogP contribution in [-0.4, -0.2) is 32.4 Å². The van der Waals surface area contributed by atoms with E-state index >= 15 is 0 Å². The Morgan fingerprint density at radius 3 is 2.85 bits per heavy atom. The van der Waals surface area contributed by atoms with Gasteiger partial charge in [0, 0.05) is 36.6 Å². The quantitative estimate of drug-likeness (QED) is 0.918. The average molecular weight is 289 g/mol. The first-order valence-corrected chi connectivity index (χ1v) is 7.68. The molecule has 0 saturated heterocycles. The van der Waals surface area contributed by atoms with Gasteiger partial charge in [-0.15, -0.1) is 11.3 Å². The Kier molecular flexibility index (Phi) is 3.43. The molecule has 2 N–H and O–H groups in total. The molecule has 1 aliphatic heterocycles. The zero-order chi connectivity index (χ0) is 14.3. The maximum Gasteiger partial charge on any atom is 0.137 e. The van der Waals surface area contributed by atoms with Crippen molar-refractivity contribution in [3.63, 3.8) is 0 Å². The number of aromatic nitrogens is 3. The summed E-state index contributed by atoms with van der Waals surface area (Å²) < 4.78 is 0. The van der Waals surface area contributed by atoms with Gasteiger partial charge >= 0.3 is 0 Å². The maximum absolute atomic E-state index is 5.99. The van der Waals surface area contributed by atoms with E-state index in [0.717, 1.165) is 30.1 Å². The van der Waals surface area contributed by atoms with Crippen LogP contribution in [0, 0.1) is 6.92 Å². The normalized spacial score (nSPS) is 15.6. The fourth-order valence-corrected chi connectivity index (χ4v) is 3.58. The molecule has 5 nitrogen and oxygen atoms in total. The van der Waals surface area contributed by atoms with Crippen LogP contribution in [0.1, 0.15) is 30.2 Å². The minimum absolute atomic E-state index is 0.518. The van der Waals surface area contributed by atoms with Gasteiger partial charge in [-0.25, -0.2) is 15.0 Å². The summed E-state index contributed by atoms with van der Waals surface area (Å²) >= 11 is 1.72. The largest absolute Gasteiger partial charge is 0.383 e. The molecule has 0 aliphatic carbocycles. The second kappa shape index (κ2) is 5.10. The summed E-state index contributed by atoms with van der Waals surface area (Å²) in [6, 6.07) is 0.571. The van der Waals surface area contributed by atoms with E-state index < -0.39 is 0 Å². The summed E-state index contributed by atoms with van der Waals surface area (Å²) in [5.74, 6) is 1.21. The van der Waals surface area contributed by atoms with Crippen molar-refractivity contribution in [2.45, 2.75) is 39.8 Å². The van der Waals surface area contributed by atoms with Gasteiger partial charge in [-0.1, -0.05) is 0 Å². The molecule has 3 heterocycles. The summed E-state index contributed by atoms with van der Waals surface area (Å²) in [5.41, 5.74) is 8.05. The van der Waals surface area contributed by atoms with Crippen molar-refractivity contribution in [2.24, 2.45) is 0 Å². The topological polar surface area (TPSA) is 67.9 Å². The lowest BCUT2D eigenvalue weighted by Crippen LogP contribution is -2.35. The minimum atomic E-state index is 0.518. The molecule has 1 aliphatic rings. The molecule has 0 unspecified atom stereocenters. The van der Waals surface area contributed by atoms with Gasteiger partial charge in [-0.05, 0) is 20.8 Å². The van der Waals surface area contributed by atoms with Gasteiger partial charge in [0.25, 0.3) is 0 Å². The molecule has 0 bridgehead atoms. The number of nitrogen functional groups attached to an aromatic ring is 1. The zero-order valence-corrected chi connectivity index (χ0v) is 12.9. The third-order valence-corrected chi connectivity index (χ3v) is 4.78. The average Bonchev–Trinajstić information content (AvgIpc) is 2.80. The number of hydrogen-bond acceptors (Lipinski definition) is 6. The molecule has 0 spiro atoms. The summed E-state index contributed by atoms with van der Waals surface area (Å²) in [4.78, 5) is 17.0. The number of hydrogen-bond donors (Lipinski definition) is 1. The molecular formula is C14H19N5S. The second-order valence-corrected chi connectivity index (χ2v) is 6.50. The van der Waals surface area contributed by atoms with Gasteiger partial charge in [0.05, 0.1) is 11.3 Å². The summed E-state index contributed by atoms with van der Waals surface area (Å²) in [5, 5.41) is 0.943. The molecule has 0 aromatic carbocycles. The number of aryl methyl sites for hydroxylation is 1. The lowest BCUT2D eigenvalue weighted by Gasteiger charge is -2.29. The molecule has 0 radical (unpaired) electrons.